The Bertz CT molecular complexity index is 4140. The van der Waals surface area contributed by atoms with Crippen LogP contribution in [0.25, 0.3) is 126 Å². The average molecular weight is 863 g/mol. The predicted octanol–water partition coefficient (Wildman–Crippen LogP) is 16.2. The Balaban J connectivity index is 0.841. The van der Waals surface area contributed by atoms with E-state index in [1.807, 2.05) is 24.3 Å². The van der Waals surface area contributed by atoms with Gasteiger partial charge in [0, 0.05) is 69.5 Å². The van der Waals surface area contributed by atoms with Crippen LogP contribution in [0, 0.1) is 0 Å². The molecule has 0 amide bonds. The van der Waals surface area contributed by atoms with E-state index in [0.29, 0.717) is 17.5 Å². The Morgan fingerprint density at radius 3 is 1.83 bits per heavy atom. The van der Waals surface area contributed by atoms with Gasteiger partial charge in [0.25, 0.3) is 0 Å². The van der Waals surface area contributed by atoms with Gasteiger partial charge in [-0.2, -0.15) is 0 Å². The lowest BCUT2D eigenvalue weighted by Crippen LogP contribution is -2.15. The SMILES string of the molecule is CC1(C)c2cc(-c3ccc4c(c3)c3ccccc3n4-c3ccc(-c4nc(-c5ccccc5)nc(-c5ccc6c(c5)sc5ccccc56)n4)cc3)ccc2-c2cc3c(cc21)oc1ccccc13. The number of aromatic nitrogens is 4. The van der Waals surface area contributed by atoms with Crippen LogP contribution in [-0.2, 0) is 5.41 Å². The lowest BCUT2D eigenvalue weighted by Gasteiger charge is -2.22. The number of nitrogens with zero attached hydrogens (tertiary/aromatic N) is 4. The van der Waals surface area contributed by atoms with Gasteiger partial charge < -0.3 is 8.98 Å². The maximum Gasteiger partial charge on any atom is 0.164 e. The number of para-hydroxylation sites is 2. The Labute approximate surface area is 383 Å². The molecule has 1 aliphatic rings. The standard InChI is InChI=1S/C60H38N4OS/c1-60(2)49-31-38(22-27-41(49)46-33-48-43-15-7-10-18-53(43)65-54(48)34-50(46)60)37-24-29-52-47(30-37)42-14-6-9-17-51(42)64(52)40-25-20-36(21-26-40)58-61-57(35-12-4-3-5-13-35)62-59(63-58)39-23-28-45-44-16-8-11-19-55(44)66-56(45)32-39/h3-34H,1-2H3. The van der Waals surface area contributed by atoms with Crippen LogP contribution < -0.4 is 0 Å². The average Bonchev–Trinajstić information content (AvgIpc) is 4.09. The molecule has 66 heavy (non-hydrogen) atoms. The number of thiophene rings is 1. The Kier molecular flexibility index (Phi) is 7.84. The van der Waals surface area contributed by atoms with Crippen LogP contribution >= 0.6 is 11.3 Å². The third kappa shape index (κ3) is 5.55. The Hall–Kier alpha value is -8.19. The molecule has 6 heteroatoms. The lowest BCUT2D eigenvalue weighted by atomic mass is 9.81. The quantitative estimate of drug-likeness (QED) is 0.173. The summed E-state index contributed by atoms with van der Waals surface area (Å²) in [5.74, 6) is 1.94. The normalized spacial score (nSPS) is 13.1. The van der Waals surface area contributed by atoms with Crippen molar-refractivity contribution in [3.8, 4) is 62.1 Å². The molecule has 5 nitrogen and oxygen atoms in total. The molecule has 9 aromatic carbocycles. The number of fused-ring (bicyclic) bond motifs is 12. The molecule has 0 bridgehead atoms. The van der Waals surface area contributed by atoms with Crippen molar-refractivity contribution in [1.29, 1.82) is 0 Å². The molecule has 0 N–H and O–H groups in total. The highest BCUT2D eigenvalue weighted by Gasteiger charge is 2.36. The van der Waals surface area contributed by atoms with Gasteiger partial charge in [0.2, 0.25) is 0 Å². The Morgan fingerprint density at radius 1 is 0.394 bits per heavy atom. The maximum atomic E-state index is 6.35. The van der Waals surface area contributed by atoms with Gasteiger partial charge in [0.15, 0.2) is 17.5 Å². The number of benzene rings is 9. The van der Waals surface area contributed by atoms with Crippen LogP contribution in [0.5, 0.6) is 0 Å². The maximum absolute atomic E-state index is 6.35. The molecule has 4 aromatic heterocycles. The number of hydrogen-bond acceptors (Lipinski definition) is 5. The molecule has 310 valence electrons. The first kappa shape index (κ1) is 37.2. The molecule has 4 heterocycles. The summed E-state index contributed by atoms with van der Waals surface area (Å²) in [4.78, 5) is 15.2. The van der Waals surface area contributed by atoms with Gasteiger partial charge in [0.05, 0.1) is 11.0 Å². The van der Waals surface area contributed by atoms with E-state index in [9.17, 15) is 0 Å². The fraction of sp³-hybridized carbons (Fsp3) is 0.0500. The zero-order valence-corrected chi connectivity index (χ0v) is 36.9. The van der Waals surface area contributed by atoms with Gasteiger partial charge in [-0.1, -0.05) is 129 Å². The largest absolute Gasteiger partial charge is 0.456 e. The van der Waals surface area contributed by atoms with Crippen molar-refractivity contribution < 1.29 is 4.42 Å². The molecule has 0 atom stereocenters. The second-order valence-corrected chi connectivity index (χ2v) is 19.1. The molecule has 1 aliphatic carbocycles. The van der Waals surface area contributed by atoms with E-state index in [2.05, 4.69) is 188 Å². The van der Waals surface area contributed by atoms with Gasteiger partial charge in [0.1, 0.15) is 11.2 Å². The molecule has 0 radical (unpaired) electrons. The fourth-order valence-electron chi connectivity index (χ4n) is 10.5. The molecule has 0 spiro atoms. The predicted molar refractivity (Wildman–Crippen MR) is 274 cm³/mol. The minimum Gasteiger partial charge on any atom is -0.456 e. The topological polar surface area (TPSA) is 56.7 Å². The summed E-state index contributed by atoms with van der Waals surface area (Å²) in [6, 6.07) is 69.6. The van der Waals surface area contributed by atoms with Crippen LogP contribution in [0.2, 0.25) is 0 Å². The molecule has 0 saturated heterocycles. The van der Waals surface area contributed by atoms with E-state index in [4.69, 9.17) is 19.4 Å². The molecule has 0 fully saturated rings. The second kappa shape index (κ2) is 13.9. The second-order valence-electron chi connectivity index (χ2n) is 18.0. The van der Waals surface area contributed by atoms with Crippen LogP contribution in [0.3, 0.4) is 0 Å². The number of hydrogen-bond donors (Lipinski definition) is 0. The molecular weight excluding hydrogens is 825 g/mol. The van der Waals surface area contributed by atoms with E-state index in [1.165, 1.54) is 69.7 Å². The summed E-state index contributed by atoms with van der Waals surface area (Å²) in [6.45, 7) is 4.68. The van der Waals surface area contributed by atoms with Crippen LogP contribution in [0.15, 0.2) is 199 Å². The van der Waals surface area contributed by atoms with Crippen molar-refractivity contribution >= 4 is 75.3 Å². The van der Waals surface area contributed by atoms with Crippen LogP contribution in [0.1, 0.15) is 25.0 Å². The third-order valence-corrected chi connectivity index (χ3v) is 15.0. The van der Waals surface area contributed by atoms with E-state index < -0.39 is 0 Å². The first-order valence-electron chi connectivity index (χ1n) is 22.4. The molecule has 0 unspecified atom stereocenters. The van der Waals surface area contributed by atoms with Crippen molar-refractivity contribution in [2.75, 3.05) is 0 Å². The number of furan rings is 1. The van der Waals surface area contributed by atoms with Gasteiger partial charge in [-0.05, 0) is 112 Å². The van der Waals surface area contributed by atoms with Crippen molar-refractivity contribution in [3.05, 3.63) is 205 Å². The summed E-state index contributed by atoms with van der Waals surface area (Å²) in [5, 5.41) is 7.28. The molecule has 13 aromatic rings. The van der Waals surface area contributed by atoms with Crippen LogP contribution in [-0.4, -0.2) is 19.5 Å². The summed E-state index contributed by atoms with van der Waals surface area (Å²) in [6.07, 6.45) is 0. The monoisotopic (exact) mass is 862 g/mol. The molecule has 0 saturated carbocycles. The van der Waals surface area contributed by atoms with E-state index >= 15 is 0 Å². The first-order valence-corrected chi connectivity index (χ1v) is 23.2. The zero-order chi connectivity index (χ0) is 43.7. The van der Waals surface area contributed by atoms with Crippen molar-refractivity contribution in [3.63, 3.8) is 0 Å². The van der Waals surface area contributed by atoms with Gasteiger partial charge in [-0.25, -0.2) is 15.0 Å². The van der Waals surface area contributed by atoms with Crippen molar-refractivity contribution in [2.45, 2.75) is 19.3 Å². The minimum atomic E-state index is -0.180. The van der Waals surface area contributed by atoms with Gasteiger partial charge >= 0.3 is 0 Å². The highest BCUT2D eigenvalue weighted by Crippen LogP contribution is 2.52. The summed E-state index contributed by atoms with van der Waals surface area (Å²) in [5.41, 5.74) is 15.6. The van der Waals surface area contributed by atoms with Gasteiger partial charge in [-0.3, -0.25) is 0 Å². The minimum absolute atomic E-state index is 0.180. The molecule has 0 aliphatic heterocycles. The zero-order valence-electron chi connectivity index (χ0n) is 36.1. The summed E-state index contributed by atoms with van der Waals surface area (Å²) < 4.78 is 11.2. The summed E-state index contributed by atoms with van der Waals surface area (Å²) >= 11 is 1.80. The van der Waals surface area contributed by atoms with Gasteiger partial charge in [-0.15, -0.1) is 11.3 Å². The summed E-state index contributed by atoms with van der Waals surface area (Å²) in [7, 11) is 0. The van der Waals surface area contributed by atoms with Crippen molar-refractivity contribution in [1.82, 2.24) is 19.5 Å². The fourth-order valence-corrected chi connectivity index (χ4v) is 11.7. The highest BCUT2D eigenvalue weighted by atomic mass is 32.1. The lowest BCUT2D eigenvalue weighted by molar-refractivity contribution is 0.647. The first-order chi connectivity index (χ1) is 32.4. The van der Waals surface area contributed by atoms with E-state index in [0.717, 1.165) is 50.0 Å². The Morgan fingerprint density at radius 2 is 1.00 bits per heavy atom. The molecule has 14 rings (SSSR count). The number of rotatable bonds is 5. The van der Waals surface area contributed by atoms with Crippen molar-refractivity contribution in [2.24, 2.45) is 0 Å². The van der Waals surface area contributed by atoms with Crippen LogP contribution in [0.4, 0.5) is 0 Å². The van der Waals surface area contributed by atoms with E-state index in [-0.39, 0.29) is 5.41 Å². The smallest absolute Gasteiger partial charge is 0.164 e. The third-order valence-electron chi connectivity index (χ3n) is 13.9. The molecular formula is C60H38N4OS. The highest BCUT2D eigenvalue weighted by molar-refractivity contribution is 7.25. The van der Waals surface area contributed by atoms with E-state index in [1.54, 1.807) is 11.3 Å².